The van der Waals surface area contributed by atoms with Gasteiger partial charge in [-0.3, -0.25) is 0 Å². The maximum Gasteiger partial charge on any atom is 0.137 e. The van der Waals surface area contributed by atoms with Gasteiger partial charge in [0, 0.05) is 38.8 Å². The molecule has 1 fully saturated rings. The smallest absolute Gasteiger partial charge is 0.137 e. The summed E-state index contributed by atoms with van der Waals surface area (Å²) in [5.41, 5.74) is 1.22. The second-order valence-corrected chi connectivity index (χ2v) is 4.60. The molecule has 2 heterocycles. The zero-order valence-electron chi connectivity index (χ0n) is 10.8. The molecule has 0 radical (unpaired) electrons. The highest BCUT2D eigenvalue weighted by Crippen LogP contribution is 2.30. The van der Waals surface area contributed by atoms with Crippen molar-refractivity contribution in [3.63, 3.8) is 0 Å². The van der Waals surface area contributed by atoms with Crippen molar-refractivity contribution in [3.05, 3.63) is 11.9 Å². The van der Waals surface area contributed by atoms with E-state index in [-0.39, 0.29) is 0 Å². The van der Waals surface area contributed by atoms with E-state index in [1.807, 2.05) is 7.05 Å². The summed E-state index contributed by atoms with van der Waals surface area (Å²) >= 11 is 0. The van der Waals surface area contributed by atoms with Gasteiger partial charge in [-0.05, 0) is 5.92 Å². The summed E-state index contributed by atoms with van der Waals surface area (Å²) in [6.45, 7) is 8.45. The van der Waals surface area contributed by atoms with Gasteiger partial charge in [-0.1, -0.05) is 13.8 Å². The van der Waals surface area contributed by atoms with E-state index in [4.69, 9.17) is 0 Å². The number of piperazine rings is 1. The number of nitrogens with zero attached hydrogens (tertiary/aromatic N) is 3. The predicted molar refractivity (Wildman–Crippen MR) is 70.8 cm³/mol. The molecule has 0 saturated carbocycles. The Morgan fingerprint density at radius 2 is 2.00 bits per heavy atom. The second-order valence-electron chi connectivity index (χ2n) is 4.60. The van der Waals surface area contributed by atoms with Gasteiger partial charge < -0.3 is 15.5 Å². The molecule has 0 amide bonds. The van der Waals surface area contributed by atoms with E-state index < -0.39 is 0 Å². The third-order valence-corrected chi connectivity index (χ3v) is 3.09. The summed E-state index contributed by atoms with van der Waals surface area (Å²) in [4.78, 5) is 11.1. The Hall–Kier alpha value is -1.36. The highest BCUT2D eigenvalue weighted by Gasteiger charge is 2.20. The van der Waals surface area contributed by atoms with Crippen LogP contribution in [0.2, 0.25) is 0 Å². The van der Waals surface area contributed by atoms with Crippen LogP contribution in [0.4, 0.5) is 11.6 Å². The number of hydrogen-bond donors (Lipinski definition) is 2. The summed E-state index contributed by atoms with van der Waals surface area (Å²) in [7, 11) is 1.91. The van der Waals surface area contributed by atoms with Gasteiger partial charge in [-0.15, -0.1) is 0 Å². The first-order valence-electron chi connectivity index (χ1n) is 6.22. The van der Waals surface area contributed by atoms with Crippen LogP contribution < -0.4 is 15.5 Å². The fourth-order valence-electron chi connectivity index (χ4n) is 2.25. The molecule has 0 spiro atoms. The molecule has 17 heavy (non-hydrogen) atoms. The molecule has 1 aliphatic rings. The maximum absolute atomic E-state index is 4.48. The Kier molecular flexibility index (Phi) is 3.78. The lowest BCUT2D eigenvalue weighted by atomic mass is 10.0. The average molecular weight is 235 g/mol. The summed E-state index contributed by atoms with van der Waals surface area (Å²) in [5, 5.41) is 6.52. The molecule has 5 nitrogen and oxygen atoms in total. The highest BCUT2D eigenvalue weighted by atomic mass is 15.2. The van der Waals surface area contributed by atoms with Crippen LogP contribution >= 0.6 is 0 Å². The summed E-state index contributed by atoms with van der Waals surface area (Å²) < 4.78 is 0. The van der Waals surface area contributed by atoms with Crippen LogP contribution in [0.3, 0.4) is 0 Å². The van der Waals surface area contributed by atoms with Crippen molar-refractivity contribution in [1.82, 2.24) is 15.3 Å². The third kappa shape index (κ3) is 2.49. The lowest BCUT2D eigenvalue weighted by Crippen LogP contribution is -2.44. The van der Waals surface area contributed by atoms with Gasteiger partial charge in [0.25, 0.3) is 0 Å². The molecule has 0 aromatic carbocycles. The van der Waals surface area contributed by atoms with Gasteiger partial charge in [0.15, 0.2) is 0 Å². The number of hydrogen-bond acceptors (Lipinski definition) is 5. The largest absolute Gasteiger partial charge is 0.373 e. The molecule has 5 heteroatoms. The van der Waals surface area contributed by atoms with Crippen LogP contribution in [0.25, 0.3) is 0 Å². The maximum atomic E-state index is 4.48. The van der Waals surface area contributed by atoms with E-state index in [1.165, 1.54) is 5.56 Å². The van der Waals surface area contributed by atoms with Crippen molar-refractivity contribution in [3.8, 4) is 0 Å². The average Bonchev–Trinajstić information content (AvgIpc) is 2.38. The van der Waals surface area contributed by atoms with Gasteiger partial charge in [-0.2, -0.15) is 0 Å². The minimum Gasteiger partial charge on any atom is -0.373 e. The van der Waals surface area contributed by atoms with Crippen molar-refractivity contribution in [1.29, 1.82) is 0 Å². The molecule has 0 aliphatic carbocycles. The van der Waals surface area contributed by atoms with Gasteiger partial charge in [-0.25, -0.2) is 9.97 Å². The van der Waals surface area contributed by atoms with E-state index in [0.717, 1.165) is 37.8 Å². The second kappa shape index (κ2) is 5.31. The Balaban J connectivity index is 2.37. The summed E-state index contributed by atoms with van der Waals surface area (Å²) in [5.74, 6) is 2.45. The van der Waals surface area contributed by atoms with Crippen LogP contribution in [-0.2, 0) is 0 Å². The summed E-state index contributed by atoms with van der Waals surface area (Å²) in [6, 6.07) is 0. The van der Waals surface area contributed by atoms with Crippen molar-refractivity contribution in [2.24, 2.45) is 0 Å². The number of anilines is 2. The monoisotopic (exact) mass is 235 g/mol. The first kappa shape index (κ1) is 12.1. The van der Waals surface area contributed by atoms with Crippen molar-refractivity contribution >= 4 is 11.6 Å². The molecular weight excluding hydrogens is 214 g/mol. The van der Waals surface area contributed by atoms with Gasteiger partial charge >= 0.3 is 0 Å². The van der Waals surface area contributed by atoms with Crippen LogP contribution in [0.1, 0.15) is 25.3 Å². The third-order valence-electron chi connectivity index (χ3n) is 3.09. The number of rotatable bonds is 3. The quantitative estimate of drug-likeness (QED) is 0.820. The molecule has 0 atom stereocenters. The summed E-state index contributed by atoms with van der Waals surface area (Å²) in [6.07, 6.45) is 1.65. The molecule has 1 saturated heterocycles. The molecule has 1 aromatic rings. The Morgan fingerprint density at radius 1 is 1.29 bits per heavy atom. The first-order chi connectivity index (χ1) is 8.24. The minimum absolute atomic E-state index is 0.420. The lowest BCUT2D eigenvalue weighted by Gasteiger charge is -2.31. The lowest BCUT2D eigenvalue weighted by molar-refractivity contribution is 0.581. The fraction of sp³-hybridized carbons (Fsp3) is 0.667. The molecular formula is C12H21N5. The van der Waals surface area contributed by atoms with Crippen molar-refractivity contribution in [2.45, 2.75) is 19.8 Å². The van der Waals surface area contributed by atoms with Crippen LogP contribution in [0, 0.1) is 0 Å². The zero-order chi connectivity index (χ0) is 12.3. The topological polar surface area (TPSA) is 53.1 Å². The number of nitrogens with one attached hydrogen (secondary N) is 2. The molecule has 2 rings (SSSR count). The minimum atomic E-state index is 0.420. The first-order valence-corrected chi connectivity index (χ1v) is 6.22. The molecule has 2 N–H and O–H groups in total. The van der Waals surface area contributed by atoms with Crippen LogP contribution in [0.5, 0.6) is 0 Å². The van der Waals surface area contributed by atoms with E-state index in [0.29, 0.717) is 5.92 Å². The van der Waals surface area contributed by atoms with Crippen molar-refractivity contribution in [2.75, 3.05) is 43.4 Å². The SMILES string of the molecule is CNc1ncnc(N2CCNCC2)c1C(C)C. The zero-order valence-corrected chi connectivity index (χ0v) is 10.8. The van der Waals surface area contributed by atoms with E-state index in [9.17, 15) is 0 Å². The van der Waals surface area contributed by atoms with Crippen LogP contribution in [0.15, 0.2) is 6.33 Å². The van der Waals surface area contributed by atoms with Gasteiger partial charge in [0.2, 0.25) is 0 Å². The van der Waals surface area contributed by atoms with E-state index >= 15 is 0 Å². The molecule has 1 aromatic heterocycles. The Bertz CT molecular complexity index is 371. The predicted octanol–water partition coefficient (Wildman–Crippen LogP) is 1.05. The molecule has 0 unspecified atom stereocenters. The Morgan fingerprint density at radius 3 is 2.59 bits per heavy atom. The fourth-order valence-corrected chi connectivity index (χ4v) is 2.25. The van der Waals surface area contributed by atoms with Gasteiger partial charge in [0.1, 0.15) is 18.0 Å². The van der Waals surface area contributed by atoms with Gasteiger partial charge in [0.05, 0.1) is 0 Å². The van der Waals surface area contributed by atoms with E-state index in [2.05, 4.69) is 39.3 Å². The van der Waals surface area contributed by atoms with Crippen LogP contribution in [-0.4, -0.2) is 43.2 Å². The molecule has 94 valence electrons. The molecule has 0 bridgehead atoms. The standard InChI is InChI=1S/C12H21N5/c1-9(2)10-11(13-3)15-8-16-12(10)17-6-4-14-5-7-17/h8-9,14H,4-7H2,1-3H3,(H,13,15,16). The van der Waals surface area contributed by atoms with Crippen molar-refractivity contribution < 1.29 is 0 Å². The normalized spacial score (nSPS) is 16.4. The van der Waals surface area contributed by atoms with E-state index in [1.54, 1.807) is 6.33 Å². The molecule has 1 aliphatic heterocycles. The highest BCUT2D eigenvalue weighted by molar-refractivity contribution is 5.60. The number of aromatic nitrogens is 2. The Labute approximate surface area is 103 Å².